The largest absolute Gasteiger partial charge is 0.354 e. The predicted octanol–water partition coefficient (Wildman–Crippen LogP) is 0.0282. The number of imide groups is 1. The fourth-order valence-electron chi connectivity index (χ4n) is 1.98. The molecule has 2 N–H and O–H groups in total. The maximum atomic E-state index is 11.8. The van der Waals surface area contributed by atoms with Crippen molar-refractivity contribution >= 4 is 17.7 Å². The van der Waals surface area contributed by atoms with Crippen molar-refractivity contribution in [1.82, 2.24) is 15.5 Å². The lowest BCUT2D eigenvalue weighted by Crippen LogP contribution is -2.40. The first-order valence-corrected chi connectivity index (χ1v) is 6.86. The van der Waals surface area contributed by atoms with Gasteiger partial charge in [-0.05, 0) is 20.3 Å². The third kappa shape index (κ3) is 4.31. The average molecular weight is 269 g/mol. The maximum Gasteiger partial charge on any atom is 0.246 e. The van der Waals surface area contributed by atoms with Crippen LogP contribution in [0.5, 0.6) is 0 Å². The van der Waals surface area contributed by atoms with Gasteiger partial charge < -0.3 is 10.6 Å². The molecule has 6 heteroatoms. The second-order valence-corrected chi connectivity index (χ2v) is 4.81. The number of hydrogen-bond donors (Lipinski definition) is 2. The topological polar surface area (TPSA) is 78.5 Å². The van der Waals surface area contributed by atoms with E-state index in [-0.39, 0.29) is 30.2 Å². The lowest BCUT2D eigenvalue weighted by molar-refractivity contribution is -0.138. The van der Waals surface area contributed by atoms with Crippen LogP contribution in [-0.4, -0.2) is 47.8 Å². The Kier molecular flexibility index (Phi) is 5.95. The van der Waals surface area contributed by atoms with Crippen LogP contribution in [0.1, 0.15) is 40.0 Å². The number of rotatable bonds is 7. The van der Waals surface area contributed by atoms with Gasteiger partial charge in [-0.2, -0.15) is 0 Å². The Labute approximate surface area is 113 Å². The van der Waals surface area contributed by atoms with Crippen molar-refractivity contribution in [3.63, 3.8) is 0 Å². The number of nitrogens with zero attached hydrogens (tertiary/aromatic N) is 1. The van der Waals surface area contributed by atoms with Crippen molar-refractivity contribution in [3.05, 3.63) is 0 Å². The summed E-state index contributed by atoms with van der Waals surface area (Å²) in [6, 6.07) is -0.304. The minimum absolute atomic E-state index is 0.0361. The molecule has 0 aromatic rings. The van der Waals surface area contributed by atoms with Gasteiger partial charge in [-0.1, -0.05) is 6.92 Å². The van der Waals surface area contributed by atoms with Crippen LogP contribution in [0, 0.1) is 0 Å². The lowest BCUT2D eigenvalue weighted by Gasteiger charge is -2.14. The average Bonchev–Trinajstić information content (AvgIpc) is 2.64. The molecule has 0 spiro atoms. The van der Waals surface area contributed by atoms with Crippen molar-refractivity contribution < 1.29 is 14.4 Å². The van der Waals surface area contributed by atoms with Gasteiger partial charge in [0.25, 0.3) is 0 Å². The van der Waals surface area contributed by atoms with Crippen molar-refractivity contribution in [1.29, 1.82) is 0 Å². The van der Waals surface area contributed by atoms with Gasteiger partial charge in [0, 0.05) is 25.6 Å². The van der Waals surface area contributed by atoms with Gasteiger partial charge in [0.1, 0.15) is 0 Å². The van der Waals surface area contributed by atoms with E-state index in [1.807, 2.05) is 13.8 Å². The van der Waals surface area contributed by atoms with Crippen LogP contribution in [0.25, 0.3) is 0 Å². The van der Waals surface area contributed by atoms with Gasteiger partial charge in [-0.25, -0.2) is 0 Å². The summed E-state index contributed by atoms with van der Waals surface area (Å²) in [5, 5.41) is 5.83. The Balaban J connectivity index is 2.29. The van der Waals surface area contributed by atoms with E-state index in [4.69, 9.17) is 0 Å². The second-order valence-electron chi connectivity index (χ2n) is 4.81. The number of amides is 3. The molecular weight excluding hydrogens is 246 g/mol. The standard InChI is InChI=1S/C13H23N3O3/c1-4-9(3)15-11(17)6-7-14-10-8-12(18)16(5-2)13(10)19/h9-10,14H,4-8H2,1-3H3,(H,15,17). The van der Waals surface area contributed by atoms with Crippen molar-refractivity contribution in [2.75, 3.05) is 13.1 Å². The van der Waals surface area contributed by atoms with Gasteiger partial charge in [0.05, 0.1) is 12.5 Å². The van der Waals surface area contributed by atoms with Gasteiger partial charge >= 0.3 is 0 Å². The Bertz CT molecular complexity index is 357. The number of carbonyl (C=O) groups is 3. The zero-order chi connectivity index (χ0) is 14.4. The molecule has 0 aromatic heterocycles. The van der Waals surface area contributed by atoms with E-state index in [1.54, 1.807) is 6.92 Å². The number of carbonyl (C=O) groups excluding carboxylic acids is 3. The lowest BCUT2D eigenvalue weighted by atomic mass is 10.2. The van der Waals surface area contributed by atoms with E-state index in [0.29, 0.717) is 19.5 Å². The van der Waals surface area contributed by atoms with E-state index in [9.17, 15) is 14.4 Å². The third-order valence-electron chi connectivity index (χ3n) is 3.32. The smallest absolute Gasteiger partial charge is 0.246 e. The fourth-order valence-corrected chi connectivity index (χ4v) is 1.98. The van der Waals surface area contributed by atoms with Crippen molar-refractivity contribution in [2.24, 2.45) is 0 Å². The molecule has 2 unspecified atom stereocenters. The normalized spacial score (nSPS) is 20.8. The molecule has 1 rings (SSSR count). The summed E-state index contributed by atoms with van der Waals surface area (Å²) >= 11 is 0. The summed E-state index contributed by atoms with van der Waals surface area (Å²) in [6.07, 6.45) is 1.40. The SMILES string of the molecule is CCC(C)NC(=O)CCNC1CC(=O)N(CC)C1=O. The Morgan fingerprint density at radius 3 is 2.63 bits per heavy atom. The number of hydrogen-bond acceptors (Lipinski definition) is 4. The molecule has 1 fully saturated rings. The number of nitrogens with one attached hydrogen (secondary N) is 2. The molecule has 108 valence electrons. The van der Waals surface area contributed by atoms with Gasteiger partial charge in [-0.15, -0.1) is 0 Å². The van der Waals surface area contributed by atoms with Gasteiger partial charge in [0.15, 0.2) is 0 Å². The Hall–Kier alpha value is -1.43. The molecule has 1 aliphatic heterocycles. The molecule has 3 amide bonds. The first-order chi connectivity index (χ1) is 8.99. The van der Waals surface area contributed by atoms with Crippen LogP contribution in [0.4, 0.5) is 0 Å². The molecule has 0 aliphatic carbocycles. The van der Waals surface area contributed by atoms with Crippen LogP contribution < -0.4 is 10.6 Å². The summed E-state index contributed by atoms with van der Waals surface area (Å²) in [6.45, 7) is 6.54. The summed E-state index contributed by atoms with van der Waals surface area (Å²) < 4.78 is 0. The minimum Gasteiger partial charge on any atom is -0.354 e. The van der Waals surface area contributed by atoms with Crippen LogP contribution in [0.15, 0.2) is 0 Å². The fraction of sp³-hybridized carbons (Fsp3) is 0.769. The van der Waals surface area contributed by atoms with E-state index in [1.165, 1.54) is 4.90 Å². The van der Waals surface area contributed by atoms with Crippen molar-refractivity contribution in [2.45, 2.75) is 52.1 Å². The zero-order valence-corrected chi connectivity index (χ0v) is 11.9. The summed E-state index contributed by atoms with van der Waals surface area (Å²) in [7, 11) is 0. The Morgan fingerprint density at radius 2 is 2.11 bits per heavy atom. The zero-order valence-electron chi connectivity index (χ0n) is 11.9. The molecule has 6 nitrogen and oxygen atoms in total. The first kappa shape index (κ1) is 15.6. The van der Waals surface area contributed by atoms with E-state index in [0.717, 1.165) is 6.42 Å². The highest BCUT2D eigenvalue weighted by Crippen LogP contribution is 2.12. The molecule has 1 saturated heterocycles. The predicted molar refractivity (Wildman–Crippen MR) is 71.3 cm³/mol. The van der Waals surface area contributed by atoms with Crippen LogP contribution in [0.2, 0.25) is 0 Å². The molecule has 2 atom stereocenters. The third-order valence-corrected chi connectivity index (χ3v) is 3.32. The number of likely N-dealkylation sites (tertiary alicyclic amines) is 1. The van der Waals surface area contributed by atoms with E-state index in [2.05, 4.69) is 10.6 Å². The molecule has 0 aromatic carbocycles. The molecule has 1 heterocycles. The first-order valence-electron chi connectivity index (χ1n) is 6.86. The van der Waals surface area contributed by atoms with Crippen LogP contribution in [0.3, 0.4) is 0 Å². The summed E-state index contributed by atoms with van der Waals surface area (Å²) in [4.78, 5) is 36.1. The quantitative estimate of drug-likeness (QED) is 0.639. The van der Waals surface area contributed by atoms with Crippen LogP contribution in [-0.2, 0) is 14.4 Å². The van der Waals surface area contributed by atoms with E-state index >= 15 is 0 Å². The van der Waals surface area contributed by atoms with Gasteiger partial charge in [-0.3, -0.25) is 19.3 Å². The number of likely N-dealkylation sites (N-methyl/N-ethyl adjacent to an activating group) is 1. The highest BCUT2D eigenvalue weighted by molar-refractivity contribution is 6.05. The van der Waals surface area contributed by atoms with Crippen LogP contribution >= 0.6 is 0 Å². The monoisotopic (exact) mass is 269 g/mol. The molecule has 0 radical (unpaired) electrons. The molecule has 0 saturated carbocycles. The highest BCUT2D eigenvalue weighted by atomic mass is 16.2. The summed E-state index contributed by atoms with van der Waals surface area (Å²) in [5.41, 5.74) is 0. The second kappa shape index (κ2) is 7.23. The highest BCUT2D eigenvalue weighted by Gasteiger charge is 2.36. The van der Waals surface area contributed by atoms with E-state index < -0.39 is 6.04 Å². The summed E-state index contributed by atoms with van der Waals surface area (Å²) in [5.74, 6) is -0.366. The minimum atomic E-state index is -0.469. The van der Waals surface area contributed by atoms with Gasteiger partial charge in [0.2, 0.25) is 17.7 Å². The molecule has 0 bridgehead atoms. The molecular formula is C13H23N3O3. The Morgan fingerprint density at radius 1 is 1.42 bits per heavy atom. The maximum absolute atomic E-state index is 11.8. The molecule has 19 heavy (non-hydrogen) atoms. The van der Waals surface area contributed by atoms with Crippen molar-refractivity contribution in [3.8, 4) is 0 Å². The molecule has 1 aliphatic rings.